The van der Waals surface area contributed by atoms with Crippen LogP contribution in [0.3, 0.4) is 0 Å². The van der Waals surface area contributed by atoms with Gasteiger partial charge in [0.15, 0.2) is 0 Å². The van der Waals surface area contributed by atoms with Gasteiger partial charge in [-0.05, 0) is 31.0 Å². The van der Waals surface area contributed by atoms with Crippen LogP contribution in [-0.4, -0.2) is 19.3 Å². The SMILES string of the molecule is C[C@H](NS(=O)(=O)c1c[nH]c(C(=O)N[C@H](C)c2ccccc2)c1)c1ccccc1. The molecule has 3 rings (SSSR count). The van der Waals surface area contributed by atoms with Gasteiger partial charge < -0.3 is 10.3 Å². The molecule has 0 aliphatic carbocycles. The summed E-state index contributed by atoms with van der Waals surface area (Å²) < 4.78 is 27.9. The molecule has 0 unspecified atom stereocenters. The zero-order valence-electron chi connectivity index (χ0n) is 15.7. The Bertz CT molecular complexity index is 1030. The zero-order valence-corrected chi connectivity index (χ0v) is 16.5. The number of hydrogen-bond acceptors (Lipinski definition) is 3. The lowest BCUT2D eigenvalue weighted by atomic mass is 10.1. The number of H-pyrrole nitrogens is 1. The fraction of sp³-hybridized carbons (Fsp3) is 0.190. The van der Waals surface area contributed by atoms with Gasteiger partial charge in [-0.3, -0.25) is 4.79 Å². The molecule has 1 amide bonds. The second kappa shape index (κ2) is 8.41. The molecule has 0 aliphatic heterocycles. The molecule has 6 nitrogen and oxygen atoms in total. The number of nitrogens with one attached hydrogen (secondary N) is 3. The number of rotatable bonds is 7. The number of benzene rings is 2. The minimum absolute atomic E-state index is 0.0211. The number of aromatic amines is 1. The van der Waals surface area contributed by atoms with E-state index < -0.39 is 16.1 Å². The minimum Gasteiger partial charge on any atom is -0.356 e. The Hall–Kier alpha value is -2.90. The van der Waals surface area contributed by atoms with Crippen molar-refractivity contribution in [2.75, 3.05) is 0 Å². The van der Waals surface area contributed by atoms with Crippen molar-refractivity contribution < 1.29 is 13.2 Å². The molecule has 0 radical (unpaired) electrons. The van der Waals surface area contributed by atoms with E-state index in [4.69, 9.17) is 0 Å². The molecule has 0 bridgehead atoms. The van der Waals surface area contributed by atoms with E-state index in [0.29, 0.717) is 0 Å². The van der Waals surface area contributed by atoms with Crippen molar-refractivity contribution in [3.8, 4) is 0 Å². The molecule has 3 aromatic rings. The Morgan fingerprint density at radius 3 is 2.00 bits per heavy atom. The molecule has 1 aromatic heterocycles. The van der Waals surface area contributed by atoms with Gasteiger partial charge in [0.25, 0.3) is 5.91 Å². The Labute approximate surface area is 165 Å². The van der Waals surface area contributed by atoms with Crippen LogP contribution in [0.15, 0.2) is 77.8 Å². The Morgan fingerprint density at radius 2 is 1.43 bits per heavy atom. The summed E-state index contributed by atoms with van der Waals surface area (Å²) in [5, 5.41) is 2.86. The Morgan fingerprint density at radius 1 is 0.893 bits per heavy atom. The van der Waals surface area contributed by atoms with E-state index in [1.807, 2.05) is 67.6 Å². The summed E-state index contributed by atoms with van der Waals surface area (Å²) in [6.45, 7) is 3.64. The third-order valence-corrected chi connectivity index (χ3v) is 6.01. The predicted molar refractivity (Wildman–Crippen MR) is 108 cm³/mol. The number of hydrogen-bond donors (Lipinski definition) is 3. The van der Waals surface area contributed by atoms with Crippen molar-refractivity contribution in [3.05, 3.63) is 89.7 Å². The van der Waals surface area contributed by atoms with E-state index >= 15 is 0 Å². The summed E-state index contributed by atoms with van der Waals surface area (Å²) >= 11 is 0. The molecule has 146 valence electrons. The van der Waals surface area contributed by atoms with Gasteiger partial charge in [0.2, 0.25) is 10.0 Å². The van der Waals surface area contributed by atoms with Crippen LogP contribution in [0.4, 0.5) is 0 Å². The lowest BCUT2D eigenvalue weighted by Gasteiger charge is -2.14. The predicted octanol–water partition coefficient (Wildman–Crippen LogP) is 3.55. The molecular weight excluding hydrogens is 374 g/mol. The topological polar surface area (TPSA) is 91.1 Å². The molecule has 1 heterocycles. The highest BCUT2D eigenvalue weighted by Gasteiger charge is 2.22. The average molecular weight is 398 g/mol. The first-order valence-corrected chi connectivity index (χ1v) is 10.5. The van der Waals surface area contributed by atoms with E-state index in [9.17, 15) is 13.2 Å². The van der Waals surface area contributed by atoms with Crippen molar-refractivity contribution in [1.82, 2.24) is 15.0 Å². The Balaban J connectivity index is 1.69. The second-order valence-electron chi connectivity index (χ2n) is 6.61. The van der Waals surface area contributed by atoms with Crippen LogP contribution >= 0.6 is 0 Å². The van der Waals surface area contributed by atoms with Gasteiger partial charge in [0.05, 0.1) is 6.04 Å². The second-order valence-corrected chi connectivity index (χ2v) is 8.32. The van der Waals surface area contributed by atoms with E-state index in [1.165, 1.54) is 12.3 Å². The van der Waals surface area contributed by atoms with Crippen LogP contribution in [-0.2, 0) is 10.0 Å². The molecule has 0 spiro atoms. The maximum atomic E-state index is 12.6. The highest BCUT2D eigenvalue weighted by molar-refractivity contribution is 7.89. The minimum atomic E-state index is -3.76. The lowest BCUT2D eigenvalue weighted by molar-refractivity contribution is 0.0935. The van der Waals surface area contributed by atoms with Crippen molar-refractivity contribution in [3.63, 3.8) is 0 Å². The third-order valence-electron chi connectivity index (χ3n) is 4.49. The van der Waals surface area contributed by atoms with Crippen LogP contribution in [0.2, 0.25) is 0 Å². The maximum Gasteiger partial charge on any atom is 0.268 e. The third kappa shape index (κ3) is 4.68. The maximum absolute atomic E-state index is 12.6. The number of sulfonamides is 1. The van der Waals surface area contributed by atoms with E-state index in [-0.39, 0.29) is 22.5 Å². The van der Waals surface area contributed by atoms with Gasteiger partial charge in [-0.1, -0.05) is 60.7 Å². The van der Waals surface area contributed by atoms with Crippen molar-refractivity contribution in [1.29, 1.82) is 0 Å². The zero-order chi connectivity index (χ0) is 20.1. The van der Waals surface area contributed by atoms with Crippen LogP contribution in [0.1, 0.15) is 47.5 Å². The summed E-state index contributed by atoms with van der Waals surface area (Å²) in [6, 6.07) is 19.6. The first kappa shape index (κ1) is 19.9. The van der Waals surface area contributed by atoms with Crippen molar-refractivity contribution in [2.24, 2.45) is 0 Å². The van der Waals surface area contributed by atoms with Crippen LogP contribution in [0.5, 0.6) is 0 Å². The average Bonchev–Trinajstić information content (AvgIpc) is 3.20. The molecule has 2 atom stereocenters. The number of aromatic nitrogens is 1. The van der Waals surface area contributed by atoms with E-state index in [0.717, 1.165) is 11.1 Å². The van der Waals surface area contributed by atoms with Crippen LogP contribution in [0, 0.1) is 0 Å². The first-order chi connectivity index (χ1) is 13.4. The molecule has 28 heavy (non-hydrogen) atoms. The quantitative estimate of drug-likeness (QED) is 0.569. The molecule has 3 N–H and O–H groups in total. The highest BCUT2D eigenvalue weighted by atomic mass is 32.2. The first-order valence-electron chi connectivity index (χ1n) is 8.98. The normalized spacial score (nSPS) is 13.6. The Kier molecular flexibility index (Phi) is 5.96. The molecule has 0 saturated carbocycles. The largest absolute Gasteiger partial charge is 0.356 e. The molecular formula is C21H23N3O3S. The number of carbonyl (C=O) groups is 1. The van der Waals surface area contributed by atoms with E-state index in [2.05, 4.69) is 15.0 Å². The van der Waals surface area contributed by atoms with Gasteiger partial charge in [0, 0.05) is 12.2 Å². The summed E-state index contributed by atoms with van der Waals surface area (Å²) in [4.78, 5) is 15.2. The van der Waals surface area contributed by atoms with Gasteiger partial charge in [-0.2, -0.15) is 0 Å². The fourth-order valence-corrected chi connectivity index (χ4v) is 4.10. The fourth-order valence-electron chi connectivity index (χ4n) is 2.87. The van der Waals surface area contributed by atoms with Gasteiger partial charge in [0.1, 0.15) is 10.6 Å². The number of amides is 1. The smallest absolute Gasteiger partial charge is 0.268 e. The molecule has 7 heteroatoms. The number of carbonyl (C=O) groups excluding carboxylic acids is 1. The monoisotopic (exact) mass is 397 g/mol. The van der Waals surface area contributed by atoms with Crippen molar-refractivity contribution in [2.45, 2.75) is 30.8 Å². The van der Waals surface area contributed by atoms with Gasteiger partial charge >= 0.3 is 0 Å². The standard InChI is InChI=1S/C21H23N3O3S/c1-15(17-9-5-3-6-10-17)23-21(25)20-13-19(14-22-20)28(26,27)24-16(2)18-11-7-4-8-12-18/h3-16,22,24H,1-2H3,(H,23,25)/t15-,16+/m1/s1. The van der Waals surface area contributed by atoms with Crippen LogP contribution < -0.4 is 10.0 Å². The summed E-state index contributed by atoms with van der Waals surface area (Å²) in [5.41, 5.74) is 2.01. The van der Waals surface area contributed by atoms with Crippen LogP contribution in [0.25, 0.3) is 0 Å². The summed E-state index contributed by atoms with van der Waals surface area (Å²) in [6.07, 6.45) is 1.32. The molecule has 0 aliphatic rings. The summed E-state index contributed by atoms with van der Waals surface area (Å²) in [5.74, 6) is -0.367. The summed E-state index contributed by atoms with van der Waals surface area (Å²) in [7, 11) is -3.76. The molecule has 0 saturated heterocycles. The molecule has 0 fully saturated rings. The molecule has 2 aromatic carbocycles. The van der Waals surface area contributed by atoms with E-state index in [1.54, 1.807) is 6.92 Å². The van der Waals surface area contributed by atoms with Gasteiger partial charge in [-0.25, -0.2) is 13.1 Å². The van der Waals surface area contributed by atoms with Gasteiger partial charge in [-0.15, -0.1) is 0 Å². The highest BCUT2D eigenvalue weighted by Crippen LogP contribution is 2.18. The van der Waals surface area contributed by atoms with Crippen molar-refractivity contribution >= 4 is 15.9 Å². The lowest BCUT2D eigenvalue weighted by Crippen LogP contribution is -2.27.